The number of benzene rings is 1. The highest BCUT2D eigenvalue weighted by Crippen LogP contribution is 2.23. The molecule has 17 heavy (non-hydrogen) atoms. The Morgan fingerprint density at radius 3 is 2.82 bits per heavy atom. The SMILES string of the molecule is CCCCC(Nc1ccc(F)cc1Cl)C(=O)O. The Morgan fingerprint density at radius 1 is 1.59 bits per heavy atom. The molecule has 0 aromatic heterocycles. The summed E-state index contributed by atoms with van der Waals surface area (Å²) in [6.45, 7) is 1.99. The molecule has 3 nitrogen and oxygen atoms in total. The molecular weight excluding hydrogens is 245 g/mol. The van der Waals surface area contributed by atoms with E-state index < -0.39 is 17.8 Å². The Labute approximate surface area is 105 Å². The maximum absolute atomic E-state index is 12.8. The van der Waals surface area contributed by atoms with E-state index >= 15 is 0 Å². The summed E-state index contributed by atoms with van der Waals surface area (Å²) >= 11 is 5.82. The van der Waals surface area contributed by atoms with Gasteiger partial charge >= 0.3 is 5.97 Å². The molecule has 0 aliphatic heterocycles. The summed E-state index contributed by atoms with van der Waals surface area (Å²) in [5, 5.41) is 12.0. The Hall–Kier alpha value is -1.29. The summed E-state index contributed by atoms with van der Waals surface area (Å²) in [7, 11) is 0. The normalized spacial score (nSPS) is 12.2. The van der Waals surface area contributed by atoms with Crippen LogP contribution in [0.25, 0.3) is 0 Å². The third-order valence-corrected chi connectivity index (χ3v) is 2.72. The zero-order chi connectivity index (χ0) is 12.8. The van der Waals surface area contributed by atoms with E-state index in [0.717, 1.165) is 18.9 Å². The largest absolute Gasteiger partial charge is 0.480 e. The third kappa shape index (κ3) is 4.23. The number of carboxylic acid groups (broad SMARTS) is 1. The van der Waals surface area contributed by atoms with E-state index in [9.17, 15) is 9.18 Å². The van der Waals surface area contributed by atoms with Crippen molar-refractivity contribution in [3.8, 4) is 0 Å². The molecule has 0 aliphatic rings. The Bertz CT molecular complexity index is 398. The van der Waals surface area contributed by atoms with Crippen LogP contribution in [-0.4, -0.2) is 17.1 Å². The van der Waals surface area contributed by atoms with E-state index in [-0.39, 0.29) is 5.02 Å². The van der Waals surface area contributed by atoms with Crippen molar-refractivity contribution >= 4 is 23.3 Å². The Balaban J connectivity index is 2.75. The fraction of sp³-hybridized carbons (Fsp3) is 0.417. The molecule has 1 unspecified atom stereocenters. The first-order chi connectivity index (χ1) is 8.04. The number of aliphatic carboxylic acids is 1. The minimum absolute atomic E-state index is 0.188. The van der Waals surface area contributed by atoms with Gasteiger partial charge < -0.3 is 10.4 Å². The molecule has 0 aliphatic carbocycles. The number of anilines is 1. The van der Waals surface area contributed by atoms with Gasteiger partial charge in [0.05, 0.1) is 10.7 Å². The molecule has 0 radical (unpaired) electrons. The molecule has 0 saturated carbocycles. The lowest BCUT2D eigenvalue weighted by Crippen LogP contribution is -2.29. The molecule has 2 N–H and O–H groups in total. The summed E-state index contributed by atoms with van der Waals surface area (Å²) in [6.07, 6.45) is 2.24. The van der Waals surface area contributed by atoms with E-state index in [1.807, 2.05) is 6.92 Å². The minimum atomic E-state index is -0.932. The zero-order valence-corrected chi connectivity index (χ0v) is 10.3. The maximum atomic E-state index is 12.8. The highest BCUT2D eigenvalue weighted by Gasteiger charge is 2.17. The standard InChI is InChI=1S/C12H15ClFNO2/c1-2-3-4-11(12(16)17)15-10-6-5-8(14)7-9(10)13/h5-7,11,15H,2-4H2,1H3,(H,16,17). The highest BCUT2D eigenvalue weighted by atomic mass is 35.5. The molecule has 1 aromatic rings. The monoisotopic (exact) mass is 259 g/mol. The topological polar surface area (TPSA) is 49.3 Å². The molecule has 0 saturated heterocycles. The lowest BCUT2D eigenvalue weighted by molar-refractivity contribution is -0.138. The molecule has 1 rings (SSSR count). The summed E-state index contributed by atoms with van der Waals surface area (Å²) in [6, 6.07) is 3.15. The summed E-state index contributed by atoms with van der Waals surface area (Å²) in [5.41, 5.74) is 0.441. The van der Waals surface area contributed by atoms with Crippen molar-refractivity contribution in [1.29, 1.82) is 0 Å². The molecular formula is C12H15ClFNO2. The van der Waals surface area contributed by atoms with Gasteiger partial charge in [-0.15, -0.1) is 0 Å². The van der Waals surface area contributed by atoms with Gasteiger partial charge in [-0.05, 0) is 24.6 Å². The number of carbonyl (C=O) groups is 1. The van der Waals surface area contributed by atoms with Gasteiger partial charge in [0.25, 0.3) is 0 Å². The van der Waals surface area contributed by atoms with E-state index in [1.165, 1.54) is 12.1 Å². The van der Waals surface area contributed by atoms with Crippen molar-refractivity contribution in [3.63, 3.8) is 0 Å². The minimum Gasteiger partial charge on any atom is -0.480 e. The van der Waals surface area contributed by atoms with E-state index in [0.29, 0.717) is 12.1 Å². The number of hydrogen-bond donors (Lipinski definition) is 2. The molecule has 0 spiro atoms. The average Bonchev–Trinajstić information content (AvgIpc) is 2.26. The van der Waals surface area contributed by atoms with Crippen molar-refractivity contribution < 1.29 is 14.3 Å². The molecule has 1 atom stereocenters. The van der Waals surface area contributed by atoms with Gasteiger partial charge in [0.15, 0.2) is 0 Å². The van der Waals surface area contributed by atoms with Gasteiger partial charge in [0, 0.05) is 0 Å². The van der Waals surface area contributed by atoms with Crippen molar-refractivity contribution in [2.75, 3.05) is 5.32 Å². The van der Waals surface area contributed by atoms with Gasteiger partial charge in [-0.3, -0.25) is 0 Å². The van der Waals surface area contributed by atoms with Gasteiger partial charge in [-0.1, -0.05) is 31.4 Å². The molecule has 94 valence electrons. The van der Waals surface area contributed by atoms with Crippen molar-refractivity contribution in [2.45, 2.75) is 32.2 Å². The first kappa shape index (κ1) is 13.8. The fourth-order valence-corrected chi connectivity index (χ4v) is 1.68. The van der Waals surface area contributed by atoms with Crippen LogP contribution in [0.5, 0.6) is 0 Å². The van der Waals surface area contributed by atoms with Crippen molar-refractivity contribution in [1.82, 2.24) is 0 Å². The number of nitrogens with one attached hydrogen (secondary N) is 1. The quantitative estimate of drug-likeness (QED) is 0.822. The van der Waals surface area contributed by atoms with Crippen molar-refractivity contribution in [2.24, 2.45) is 0 Å². The molecule has 5 heteroatoms. The van der Waals surface area contributed by atoms with Crippen LogP contribution in [0.3, 0.4) is 0 Å². The van der Waals surface area contributed by atoms with Crippen LogP contribution in [0, 0.1) is 5.82 Å². The van der Waals surface area contributed by atoms with Crippen molar-refractivity contribution in [3.05, 3.63) is 29.0 Å². The summed E-state index contributed by atoms with van der Waals surface area (Å²) < 4.78 is 12.8. The molecule has 0 amide bonds. The van der Waals surface area contributed by atoms with E-state index in [1.54, 1.807) is 0 Å². The number of unbranched alkanes of at least 4 members (excludes halogenated alkanes) is 1. The summed E-state index contributed by atoms with van der Waals surface area (Å²) in [5.74, 6) is -1.38. The van der Waals surface area contributed by atoms with Crippen LogP contribution in [-0.2, 0) is 4.79 Å². The second-order valence-electron chi connectivity index (χ2n) is 3.80. The van der Waals surface area contributed by atoms with Crippen LogP contribution in [0.2, 0.25) is 5.02 Å². The predicted molar refractivity (Wildman–Crippen MR) is 66.0 cm³/mol. The van der Waals surface area contributed by atoms with E-state index in [4.69, 9.17) is 16.7 Å². The number of halogens is 2. The Kier molecular flexibility index (Phi) is 5.22. The first-order valence-corrected chi connectivity index (χ1v) is 5.86. The lowest BCUT2D eigenvalue weighted by Gasteiger charge is -2.16. The fourth-order valence-electron chi connectivity index (χ4n) is 1.46. The lowest BCUT2D eigenvalue weighted by atomic mass is 10.1. The maximum Gasteiger partial charge on any atom is 0.326 e. The average molecular weight is 260 g/mol. The smallest absolute Gasteiger partial charge is 0.326 e. The van der Waals surface area contributed by atoms with Gasteiger partial charge in [-0.25, -0.2) is 9.18 Å². The van der Waals surface area contributed by atoms with Gasteiger partial charge in [0.1, 0.15) is 11.9 Å². The zero-order valence-electron chi connectivity index (χ0n) is 9.54. The van der Waals surface area contributed by atoms with Crippen LogP contribution < -0.4 is 5.32 Å². The van der Waals surface area contributed by atoms with Crippen LogP contribution in [0.1, 0.15) is 26.2 Å². The first-order valence-electron chi connectivity index (χ1n) is 5.49. The summed E-state index contributed by atoms with van der Waals surface area (Å²) in [4.78, 5) is 11.0. The molecule has 0 fully saturated rings. The van der Waals surface area contributed by atoms with E-state index in [2.05, 4.69) is 5.32 Å². The van der Waals surface area contributed by atoms with Crippen LogP contribution >= 0.6 is 11.6 Å². The molecule has 0 heterocycles. The second kappa shape index (κ2) is 6.45. The number of rotatable bonds is 6. The molecule has 0 bridgehead atoms. The van der Waals surface area contributed by atoms with Crippen LogP contribution in [0.4, 0.5) is 10.1 Å². The van der Waals surface area contributed by atoms with Gasteiger partial charge in [0.2, 0.25) is 0 Å². The number of hydrogen-bond acceptors (Lipinski definition) is 2. The highest BCUT2D eigenvalue weighted by molar-refractivity contribution is 6.33. The van der Waals surface area contributed by atoms with Crippen LogP contribution in [0.15, 0.2) is 18.2 Å². The Morgan fingerprint density at radius 2 is 2.29 bits per heavy atom. The van der Waals surface area contributed by atoms with Gasteiger partial charge in [-0.2, -0.15) is 0 Å². The predicted octanol–water partition coefficient (Wildman–Crippen LogP) is 3.53. The second-order valence-corrected chi connectivity index (χ2v) is 4.21. The molecule has 1 aromatic carbocycles. The third-order valence-electron chi connectivity index (χ3n) is 2.41. The number of carboxylic acids is 1.